The Morgan fingerprint density at radius 2 is 1.60 bits per heavy atom. The quantitative estimate of drug-likeness (QED) is 0.265. The molecule has 0 radical (unpaired) electrons. The highest BCUT2D eigenvalue weighted by Gasteiger charge is 2.41. The third-order valence-corrected chi connectivity index (χ3v) is 5.93. The average Bonchev–Trinajstić information content (AvgIpc) is 2.73. The van der Waals surface area contributed by atoms with Crippen molar-refractivity contribution in [3.8, 4) is 5.75 Å². The van der Waals surface area contributed by atoms with Gasteiger partial charge in [0.1, 0.15) is 11.6 Å². The molecule has 1 aliphatic carbocycles. The summed E-state index contributed by atoms with van der Waals surface area (Å²) in [6.45, 7) is 4.04. The van der Waals surface area contributed by atoms with E-state index in [-0.39, 0.29) is 17.7 Å². The third kappa shape index (κ3) is 7.28. The fourth-order valence-corrected chi connectivity index (χ4v) is 4.14. The summed E-state index contributed by atoms with van der Waals surface area (Å²) in [5.74, 6) is -1.48. The fourth-order valence-electron chi connectivity index (χ4n) is 4.14. The zero-order valence-electron chi connectivity index (χ0n) is 17.9. The highest BCUT2D eigenvalue weighted by molar-refractivity contribution is 5.62. The van der Waals surface area contributed by atoms with E-state index >= 15 is 0 Å². The molecule has 6 heteroatoms. The summed E-state index contributed by atoms with van der Waals surface area (Å²) in [6, 6.07) is 5.12. The van der Waals surface area contributed by atoms with Gasteiger partial charge in [-0.15, -0.1) is 0 Å². The number of allylic oxidation sites excluding steroid dienone is 1. The molecule has 1 saturated carbocycles. The van der Waals surface area contributed by atoms with Gasteiger partial charge in [0.15, 0.2) is 11.9 Å². The first kappa shape index (κ1) is 24.7. The van der Waals surface area contributed by atoms with Crippen molar-refractivity contribution in [3.63, 3.8) is 0 Å². The topological polar surface area (TPSA) is 9.23 Å². The van der Waals surface area contributed by atoms with Crippen LogP contribution in [0.15, 0.2) is 30.1 Å². The molecule has 0 heterocycles. The lowest BCUT2D eigenvalue weighted by Crippen LogP contribution is -2.34. The first-order valence-corrected chi connectivity index (χ1v) is 11.1. The highest BCUT2D eigenvalue weighted by Crippen LogP contribution is 2.39. The van der Waals surface area contributed by atoms with Gasteiger partial charge in [0.25, 0.3) is 0 Å². The van der Waals surface area contributed by atoms with Gasteiger partial charge in [0, 0.05) is 11.5 Å². The second-order valence-electron chi connectivity index (χ2n) is 8.34. The van der Waals surface area contributed by atoms with Crippen LogP contribution in [0.4, 0.5) is 22.0 Å². The van der Waals surface area contributed by atoms with Gasteiger partial charge in [-0.1, -0.05) is 39.5 Å². The molecule has 0 saturated heterocycles. The second-order valence-corrected chi connectivity index (χ2v) is 8.34. The molecule has 0 amide bonds. The van der Waals surface area contributed by atoms with E-state index in [2.05, 4.69) is 6.92 Å². The minimum Gasteiger partial charge on any atom is -0.481 e. The molecule has 1 aliphatic rings. The van der Waals surface area contributed by atoms with Crippen molar-refractivity contribution < 1.29 is 26.7 Å². The number of halogens is 5. The molecule has 0 aromatic heterocycles. The summed E-state index contributed by atoms with van der Waals surface area (Å²) in [6.07, 6.45) is 0.749. The third-order valence-electron chi connectivity index (χ3n) is 5.93. The largest absolute Gasteiger partial charge is 0.481 e. The summed E-state index contributed by atoms with van der Waals surface area (Å²) in [4.78, 5) is 0. The number of rotatable bonds is 10. The lowest BCUT2D eigenvalue weighted by molar-refractivity contribution is -0.197. The zero-order valence-corrected chi connectivity index (χ0v) is 17.9. The maximum absolute atomic E-state index is 14.6. The molecule has 0 bridgehead atoms. The van der Waals surface area contributed by atoms with E-state index in [9.17, 15) is 22.0 Å². The van der Waals surface area contributed by atoms with E-state index in [4.69, 9.17) is 4.74 Å². The Morgan fingerprint density at radius 1 is 0.967 bits per heavy atom. The van der Waals surface area contributed by atoms with Crippen molar-refractivity contribution in [2.24, 2.45) is 11.8 Å². The van der Waals surface area contributed by atoms with Crippen LogP contribution in [0.2, 0.25) is 0 Å². The molecule has 1 atom stereocenters. The lowest BCUT2D eigenvalue weighted by atomic mass is 9.79. The number of ether oxygens (including phenoxy) is 1. The van der Waals surface area contributed by atoms with E-state index in [1.807, 2.05) is 6.92 Å². The summed E-state index contributed by atoms with van der Waals surface area (Å²) >= 11 is 0. The van der Waals surface area contributed by atoms with Crippen molar-refractivity contribution in [1.29, 1.82) is 0 Å². The first-order valence-electron chi connectivity index (χ1n) is 11.1. The molecule has 0 spiro atoms. The minimum absolute atomic E-state index is 0.00542. The molecule has 1 nitrogen and oxygen atoms in total. The van der Waals surface area contributed by atoms with Crippen LogP contribution in [0.3, 0.4) is 0 Å². The maximum atomic E-state index is 14.6. The lowest BCUT2D eigenvalue weighted by Gasteiger charge is -2.27. The number of benzene rings is 1. The van der Waals surface area contributed by atoms with Crippen LogP contribution >= 0.6 is 0 Å². The Bertz CT molecular complexity index is 657. The Balaban J connectivity index is 2.02. The van der Waals surface area contributed by atoms with Gasteiger partial charge in [-0.05, 0) is 68.7 Å². The van der Waals surface area contributed by atoms with Gasteiger partial charge in [-0.25, -0.2) is 8.78 Å². The van der Waals surface area contributed by atoms with Crippen molar-refractivity contribution in [2.45, 2.75) is 90.3 Å². The Morgan fingerprint density at radius 3 is 2.13 bits per heavy atom. The van der Waals surface area contributed by atoms with Crippen LogP contribution in [-0.2, 0) is 0 Å². The Kier molecular flexibility index (Phi) is 9.63. The number of hydrogen-bond acceptors (Lipinski definition) is 1. The van der Waals surface area contributed by atoms with Crippen LogP contribution in [0.25, 0.3) is 5.83 Å². The molecule has 0 aliphatic heterocycles. The molecule has 1 fully saturated rings. The standard InChI is InChI=1S/C24H33F5O/c1-3-5-6-8-21(24(27,28)29)30-20-15-13-19(14-16-20)23(26)22(25)18-11-9-17(7-4-2)10-12-18/h13-18,21H,3-12H2,1-2H3/t17?,18?,21-/m1/s1. The zero-order chi connectivity index (χ0) is 22.1. The van der Waals surface area contributed by atoms with E-state index in [1.165, 1.54) is 24.3 Å². The summed E-state index contributed by atoms with van der Waals surface area (Å²) in [5, 5.41) is 0. The Labute approximate surface area is 176 Å². The molecular weight excluding hydrogens is 399 g/mol. The van der Waals surface area contributed by atoms with E-state index in [0.29, 0.717) is 31.6 Å². The van der Waals surface area contributed by atoms with Gasteiger partial charge in [0.2, 0.25) is 0 Å². The number of unbranched alkanes of at least 4 members (excludes halogenated alkanes) is 2. The summed E-state index contributed by atoms with van der Waals surface area (Å²) in [5.41, 5.74) is 0.0325. The summed E-state index contributed by atoms with van der Waals surface area (Å²) < 4.78 is 73.9. The molecular formula is C24H33F5O. The smallest absolute Gasteiger partial charge is 0.425 e. The Hall–Kier alpha value is -1.59. The van der Waals surface area contributed by atoms with Gasteiger partial charge < -0.3 is 4.74 Å². The SMILES string of the molecule is CCCCC[C@@H](Oc1ccc(C(F)=C(F)C2CCC(CCC)CC2)cc1)C(F)(F)F. The maximum Gasteiger partial charge on any atom is 0.425 e. The van der Waals surface area contributed by atoms with Crippen molar-refractivity contribution in [2.75, 3.05) is 0 Å². The first-order chi connectivity index (χ1) is 14.3. The van der Waals surface area contributed by atoms with Crippen LogP contribution in [0.1, 0.15) is 83.6 Å². The van der Waals surface area contributed by atoms with Crippen LogP contribution in [0.5, 0.6) is 5.75 Å². The van der Waals surface area contributed by atoms with Gasteiger partial charge in [0.05, 0.1) is 0 Å². The van der Waals surface area contributed by atoms with Crippen LogP contribution in [0, 0.1) is 11.8 Å². The predicted octanol–water partition coefficient (Wildman–Crippen LogP) is 8.79. The van der Waals surface area contributed by atoms with Crippen molar-refractivity contribution in [1.82, 2.24) is 0 Å². The van der Waals surface area contributed by atoms with E-state index < -0.39 is 29.9 Å². The fraction of sp³-hybridized carbons (Fsp3) is 0.667. The molecule has 30 heavy (non-hydrogen) atoms. The average molecular weight is 433 g/mol. The van der Waals surface area contributed by atoms with Crippen molar-refractivity contribution >= 4 is 5.83 Å². The van der Waals surface area contributed by atoms with Gasteiger partial charge in [-0.2, -0.15) is 13.2 Å². The molecule has 1 aromatic rings. The number of alkyl halides is 3. The summed E-state index contributed by atoms with van der Waals surface area (Å²) in [7, 11) is 0. The second kappa shape index (κ2) is 11.7. The number of hydrogen-bond donors (Lipinski definition) is 0. The van der Waals surface area contributed by atoms with Gasteiger partial charge >= 0.3 is 6.18 Å². The molecule has 0 N–H and O–H groups in total. The predicted molar refractivity (Wildman–Crippen MR) is 111 cm³/mol. The molecule has 1 aromatic carbocycles. The van der Waals surface area contributed by atoms with E-state index in [1.54, 1.807) is 0 Å². The highest BCUT2D eigenvalue weighted by atomic mass is 19.4. The van der Waals surface area contributed by atoms with E-state index in [0.717, 1.165) is 32.1 Å². The molecule has 0 unspecified atom stereocenters. The molecule has 170 valence electrons. The van der Waals surface area contributed by atoms with Crippen molar-refractivity contribution in [3.05, 3.63) is 35.7 Å². The van der Waals surface area contributed by atoms with Gasteiger partial charge in [-0.3, -0.25) is 0 Å². The molecule has 2 rings (SSSR count). The van der Waals surface area contributed by atoms with Crippen LogP contribution < -0.4 is 4.74 Å². The van der Waals surface area contributed by atoms with Crippen LogP contribution in [-0.4, -0.2) is 12.3 Å². The minimum atomic E-state index is -4.47. The monoisotopic (exact) mass is 432 g/mol. The normalized spacial score (nSPS) is 21.8.